The molecule has 0 spiro atoms. The van der Waals surface area contributed by atoms with E-state index in [1.54, 1.807) is 19.6 Å². The summed E-state index contributed by atoms with van der Waals surface area (Å²) in [5.41, 5.74) is 3.86. The van der Waals surface area contributed by atoms with Crippen molar-refractivity contribution in [3.8, 4) is 0 Å². The van der Waals surface area contributed by atoms with Crippen molar-refractivity contribution >= 4 is 21.0 Å². The molecule has 0 fully saturated rings. The van der Waals surface area contributed by atoms with E-state index < -0.39 is 9.93 Å². The van der Waals surface area contributed by atoms with Gasteiger partial charge in [-0.15, -0.1) is 0 Å². The van der Waals surface area contributed by atoms with Gasteiger partial charge in [0.05, 0.1) is 11.0 Å². The molecule has 0 saturated carbocycles. The van der Waals surface area contributed by atoms with E-state index in [1.165, 1.54) is 0 Å². The summed E-state index contributed by atoms with van der Waals surface area (Å²) in [7, 11) is -1.18. The number of methoxy groups -OCH3 is 1. The second-order valence-corrected chi connectivity index (χ2v) is 8.71. The summed E-state index contributed by atoms with van der Waals surface area (Å²) >= 11 is 0. The van der Waals surface area contributed by atoms with Crippen molar-refractivity contribution in [1.82, 2.24) is 15.0 Å². The summed E-state index contributed by atoms with van der Waals surface area (Å²) in [6.45, 7) is 2.70. The third kappa shape index (κ3) is 3.12. The van der Waals surface area contributed by atoms with Crippen LogP contribution in [0.2, 0.25) is 0 Å². The number of thiol groups is 1. The molecule has 2 aromatic heterocycles. The lowest BCUT2D eigenvalue weighted by molar-refractivity contribution is 0.195. The fraction of sp³-hybridized carbons (Fsp3) is 0.333. The number of rotatable bonds is 6. The predicted octanol–water partition coefficient (Wildman–Crippen LogP) is 2.91. The van der Waals surface area contributed by atoms with Crippen LogP contribution >= 0.6 is 0 Å². The molecule has 0 bridgehead atoms. The lowest BCUT2D eigenvalue weighted by atomic mass is 10.1. The number of aromatic nitrogens is 3. The number of pyridine rings is 1. The van der Waals surface area contributed by atoms with Crippen molar-refractivity contribution in [3.63, 3.8) is 0 Å². The van der Waals surface area contributed by atoms with Crippen molar-refractivity contribution < 1.29 is 8.95 Å². The summed E-state index contributed by atoms with van der Waals surface area (Å²) in [6, 6.07) is 9.70. The van der Waals surface area contributed by atoms with E-state index >= 15 is 0 Å². The number of benzene rings is 1. The quantitative estimate of drug-likeness (QED) is 0.532. The maximum absolute atomic E-state index is 13.5. The number of fused-ring (bicyclic) bond motifs is 1. The van der Waals surface area contributed by atoms with Gasteiger partial charge < -0.3 is 9.72 Å². The Hall–Kier alpha value is -2.05. The van der Waals surface area contributed by atoms with E-state index in [1.807, 2.05) is 37.3 Å². The minimum absolute atomic E-state index is 0.508. The molecule has 0 aliphatic carbocycles. The fourth-order valence-corrected chi connectivity index (χ4v) is 4.82. The summed E-state index contributed by atoms with van der Waals surface area (Å²) in [5, 5.41) is 1.14. The first-order valence-electron chi connectivity index (χ1n) is 8.01. The maximum Gasteiger partial charge on any atom is 0.178 e. The Morgan fingerprint density at radius 1 is 1.25 bits per heavy atom. The smallest absolute Gasteiger partial charge is 0.178 e. The van der Waals surface area contributed by atoms with Crippen molar-refractivity contribution in [3.05, 3.63) is 47.7 Å². The van der Waals surface area contributed by atoms with Crippen LogP contribution < -0.4 is 0 Å². The summed E-state index contributed by atoms with van der Waals surface area (Å²) < 4.78 is 18.6. The first kappa shape index (κ1) is 16.8. The van der Waals surface area contributed by atoms with E-state index in [-0.39, 0.29) is 0 Å². The molecule has 3 aromatic rings. The number of ether oxygens (including phenoxy) is 1. The fourth-order valence-electron chi connectivity index (χ4n) is 2.91. The molecule has 0 atom stereocenters. The molecule has 0 unspecified atom stereocenters. The monoisotopic (exact) mass is 345 g/mol. The van der Waals surface area contributed by atoms with Gasteiger partial charge in [0, 0.05) is 26.2 Å². The molecular formula is C18H23N3O2S. The number of imidazole rings is 1. The molecule has 0 aliphatic rings. The van der Waals surface area contributed by atoms with Gasteiger partial charge in [0.25, 0.3) is 0 Å². The number of nitrogens with one attached hydrogen (secondary N) is 1. The van der Waals surface area contributed by atoms with Crippen LogP contribution in [0.3, 0.4) is 0 Å². The van der Waals surface area contributed by atoms with Crippen LogP contribution in [0.25, 0.3) is 11.0 Å². The normalized spacial score (nSPS) is 12.6. The van der Waals surface area contributed by atoms with Gasteiger partial charge in [0.2, 0.25) is 0 Å². The average Bonchev–Trinajstić information content (AvgIpc) is 3.01. The number of hydrogen-bond acceptors (Lipinski definition) is 4. The van der Waals surface area contributed by atoms with Gasteiger partial charge in [0.15, 0.2) is 5.16 Å². The predicted molar refractivity (Wildman–Crippen MR) is 97.3 cm³/mol. The van der Waals surface area contributed by atoms with E-state index in [0.29, 0.717) is 16.8 Å². The van der Waals surface area contributed by atoms with Gasteiger partial charge in [0.1, 0.15) is 5.03 Å². The minimum Gasteiger partial charge on any atom is -0.385 e. The minimum atomic E-state index is -2.88. The molecule has 1 aromatic carbocycles. The first-order chi connectivity index (χ1) is 11.5. The molecule has 1 N–H and O–H groups in total. The standard InChI is InChI=1S/C18H23N3O2S/c1-13-14(7-6-12-23-2)10-11-19-17(13)24(3,22)18-20-15-8-4-5-9-16(15)21-18/h4-5,8-11,24H,6-7,12H2,1-3H3,(H,20,21). The third-order valence-electron chi connectivity index (χ3n) is 4.27. The molecule has 0 aliphatic heterocycles. The maximum atomic E-state index is 13.5. The van der Waals surface area contributed by atoms with Crippen LogP contribution in [-0.2, 0) is 21.1 Å². The molecule has 0 saturated heterocycles. The molecule has 128 valence electrons. The SMILES string of the molecule is COCCCc1ccnc([SH](C)(=O)c2nc3ccccc3[nH]2)c1C. The molecule has 0 amide bonds. The lowest BCUT2D eigenvalue weighted by Crippen LogP contribution is -2.17. The van der Waals surface area contributed by atoms with E-state index in [0.717, 1.165) is 35.0 Å². The Labute approximate surface area is 142 Å². The molecule has 6 heteroatoms. The Morgan fingerprint density at radius 2 is 2.04 bits per heavy atom. The summed E-state index contributed by atoms with van der Waals surface area (Å²) in [5.74, 6) is 0. The van der Waals surface area contributed by atoms with E-state index in [9.17, 15) is 4.21 Å². The number of H-pyrrole nitrogens is 1. The number of nitrogens with zero attached hydrogens (tertiary/aromatic N) is 2. The summed E-state index contributed by atoms with van der Waals surface area (Å²) in [6.07, 6.45) is 5.29. The van der Waals surface area contributed by atoms with Crippen molar-refractivity contribution in [2.24, 2.45) is 0 Å². The van der Waals surface area contributed by atoms with Crippen LogP contribution in [0.4, 0.5) is 0 Å². The van der Waals surface area contributed by atoms with Crippen LogP contribution in [0.1, 0.15) is 17.5 Å². The third-order valence-corrected chi connectivity index (χ3v) is 6.55. The van der Waals surface area contributed by atoms with E-state index in [4.69, 9.17) is 4.74 Å². The number of aromatic amines is 1. The Balaban J connectivity index is 2.00. The zero-order valence-corrected chi connectivity index (χ0v) is 15.1. The number of aryl methyl sites for hydroxylation is 1. The van der Waals surface area contributed by atoms with Crippen LogP contribution in [0, 0.1) is 6.92 Å². The molecule has 3 rings (SSSR count). The molecule has 5 nitrogen and oxygen atoms in total. The molecule has 0 radical (unpaired) electrons. The highest BCUT2D eigenvalue weighted by atomic mass is 32.2. The highest BCUT2D eigenvalue weighted by molar-refractivity contribution is 8.02. The Kier molecular flexibility index (Phi) is 4.78. The van der Waals surface area contributed by atoms with Gasteiger partial charge >= 0.3 is 0 Å². The number of para-hydroxylation sites is 2. The van der Waals surface area contributed by atoms with Gasteiger partial charge in [-0.25, -0.2) is 9.97 Å². The zero-order valence-electron chi connectivity index (χ0n) is 14.2. The molecule has 24 heavy (non-hydrogen) atoms. The van der Waals surface area contributed by atoms with Gasteiger partial charge in [-0.3, -0.25) is 4.21 Å². The van der Waals surface area contributed by atoms with Gasteiger partial charge in [-0.1, -0.05) is 12.1 Å². The number of hydrogen-bond donors (Lipinski definition) is 2. The van der Waals surface area contributed by atoms with Crippen LogP contribution in [0.5, 0.6) is 0 Å². The van der Waals surface area contributed by atoms with Gasteiger partial charge in [-0.05, 0) is 59.0 Å². The zero-order chi connectivity index (χ0) is 17.2. The van der Waals surface area contributed by atoms with E-state index in [2.05, 4.69) is 15.0 Å². The van der Waals surface area contributed by atoms with Crippen LogP contribution in [0.15, 0.2) is 46.7 Å². The Morgan fingerprint density at radius 3 is 2.79 bits per heavy atom. The summed E-state index contributed by atoms with van der Waals surface area (Å²) in [4.78, 5) is 12.2. The second kappa shape index (κ2) is 6.83. The van der Waals surface area contributed by atoms with Gasteiger partial charge in [-0.2, -0.15) is 0 Å². The average molecular weight is 345 g/mol. The molecular weight excluding hydrogens is 322 g/mol. The highest BCUT2D eigenvalue weighted by Crippen LogP contribution is 2.28. The van der Waals surface area contributed by atoms with Crippen molar-refractivity contribution in [1.29, 1.82) is 0 Å². The first-order valence-corrected chi connectivity index (χ1v) is 10.2. The molecule has 2 heterocycles. The van der Waals surface area contributed by atoms with Crippen LogP contribution in [-0.4, -0.2) is 39.1 Å². The Bertz CT molecular complexity index is 871. The second-order valence-electron chi connectivity index (χ2n) is 6.02. The lowest BCUT2D eigenvalue weighted by Gasteiger charge is -2.19. The highest BCUT2D eigenvalue weighted by Gasteiger charge is 2.23. The van der Waals surface area contributed by atoms with Crippen molar-refractivity contribution in [2.75, 3.05) is 20.0 Å². The van der Waals surface area contributed by atoms with Crippen molar-refractivity contribution in [2.45, 2.75) is 29.9 Å². The topological polar surface area (TPSA) is 67.9 Å². The largest absolute Gasteiger partial charge is 0.385 e.